The molecule has 23 heavy (non-hydrogen) atoms. The van der Waals surface area contributed by atoms with Crippen molar-refractivity contribution in [1.29, 1.82) is 5.26 Å². The van der Waals surface area contributed by atoms with Crippen LogP contribution >= 0.6 is 0 Å². The number of nitriles is 1. The molecule has 0 bridgehead atoms. The molecule has 0 saturated heterocycles. The maximum absolute atomic E-state index is 8.87. The summed E-state index contributed by atoms with van der Waals surface area (Å²) in [6, 6.07) is 10.3. The number of nitrogens with zero attached hydrogens (tertiary/aromatic N) is 1. The fourth-order valence-corrected chi connectivity index (χ4v) is 3.30. The first-order valence-electron chi connectivity index (χ1n) is 9.06. The van der Waals surface area contributed by atoms with E-state index in [9.17, 15) is 0 Å². The van der Waals surface area contributed by atoms with Crippen LogP contribution in [0.5, 0.6) is 0 Å². The maximum Gasteiger partial charge on any atom is 0.0991 e. The van der Waals surface area contributed by atoms with Crippen LogP contribution in [0.1, 0.15) is 68.9 Å². The predicted octanol–water partition coefficient (Wildman–Crippen LogP) is 5.60. The monoisotopic (exact) mass is 311 g/mol. The summed E-state index contributed by atoms with van der Waals surface area (Å²) in [5, 5.41) is 8.87. The van der Waals surface area contributed by atoms with Crippen molar-refractivity contribution in [2.75, 3.05) is 13.2 Å². The molecule has 0 radical (unpaired) electrons. The van der Waals surface area contributed by atoms with Gasteiger partial charge in [-0.15, -0.1) is 0 Å². The Kier molecular flexibility index (Phi) is 7.90. The minimum absolute atomic E-state index is 0.660. The molecule has 1 aromatic carbocycles. The zero-order valence-electron chi connectivity index (χ0n) is 14.3. The molecule has 0 N–H and O–H groups in total. The SMILES string of the molecule is CCCC/C=C/COCC1CCC(c2ccc(C#N)cc2)CC1. The van der Waals surface area contributed by atoms with E-state index in [0.717, 1.165) is 18.8 Å². The Bertz CT molecular complexity index is 504. The first-order valence-corrected chi connectivity index (χ1v) is 9.06. The van der Waals surface area contributed by atoms with Gasteiger partial charge in [0.05, 0.1) is 18.2 Å². The average Bonchev–Trinajstić information content (AvgIpc) is 2.61. The van der Waals surface area contributed by atoms with E-state index in [-0.39, 0.29) is 0 Å². The number of benzene rings is 1. The summed E-state index contributed by atoms with van der Waals surface area (Å²) in [5.41, 5.74) is 2.14. The first kappa shape index (κ1) is 17.8. The summed E-state index contributed by atoms with van der Waals surface area (Å²) in [5.74, 6) is 1.38. The Morgan fingerprint density at radius 3 is 2.52 bits per heavy atom. The highest BCUT2D eigenvalue weighted by Gasteiger charge is 2.22. The van der Waals surface area contributed by atoms with Gasteiger partial charge in [-0.3, -0.25) is 0 Å². The van der Waals surface area contributed by atoms with Gasteiger partial charge >= 0.3 is 0 Å². The highest BCUT2D eigenvalue weighted by atomic mass is 16.5. The molecule has 1 aliphatic carbocycles. The van der Waals surface area contributed by atoms with Crippen molar-refractivity contribution in [3.05, 3.63) is 47.5 Å². The molecule has 1 aromatic rings. The maximum atomic E-state index is 8.87. The summed E-state index contributed by atoms with van der Waals surface area (Å²) in [6.07, 6.45) is 13.1. The lowest BCUT2D eigenvalue weighted by atomic mass is 9.79. The molecule has 0 heterocycles. The van der Waals surface area contributed by atoms with Gasteiger partial charge in [0.1, 0.15) is 0 Å². The first-order chi connectivity index (χ1) is 11.3. The highest BCUT2D eigenvalue weighted by Crippen LogP contribution is 2.35. The van der Waals surface area contributed by atoms with Crippen molar-refractivity contribution in [2.24, 2.45) is 5.92 Å². The van der Waals surface area contributed by atoms with Crippen LogP contribution in [0.25, 0.3) is 0 Å². The summed E-state index contributed by atoms with van der Waals surface area (Å²) in [6.45, 7) is 3.88. The van der Waals surface area contributed by atoms with Gasteiger partial charge in [0, 0.05) is 6.61 Å². The van der Waals surface area contributed by atoms with Crippen LogP contribution < -0.4 is 0 Å². The molecule has 0 aliphatic heterocycles. The fraction of sp³-hybridized carbons (Fsp3) is 0.571. The van der Waals surface area contributed by atoms with Crippen molar-refractivity contribution >= 4 is 0 Å². The molecule has 0 amide bonds. The van der Waals surface area contributed by atoms with E-state index in [0.29, 0.717) is 11.8 Å². The van der Waals surface area contributed by atoms with Crippen molar-refractivity contribution in [2.45, 2.75) is 57.8 Å². The lowest BCUT2D eigenvalue weighted by Crippen LogP contribution is -2.18. The van der Waals surface area contributed by atoms with E-state index in [1.54, 1.807) is 0 Å². The summed E-state index contributed by atoms with van der Waals surface area (Å²) >= 11 is 0. The second-order valence-electron chi connectivity index (χ2n) is 6.60. The molecule has 0 atom stereocenters. The minimum Gasteiger partial charge on any atom is -0.377 e. The summed E-state index contributed by atoms with van der Waals surface area (Å²) in [7, 11) is 0. The molecule has 124 valence electrons. The Labute approximate surface area is 141 Å². The molecule has 0 unspecified atom stereocenters. The topological polar surface area (TPSA) is 33.0 Å². The number of unbranched alkanes of at least 4 members (excludes halogenated alkanes) is 2. The standard InChI is InChI=1S/C21H29NO/c1-2-3-4-5-6-15-23-17-19-9-13-21(14-10-19)20-11-7-18(16-22)8-12-20/h5-8,11-12,19,21H,2-4,9-10,13-15,17H2,1H3/b6-5+. The molecular formula is C21H29NO. The van der Waals surface area contributed by atoms with Crippen LogP contribution in [0.2, 0.25) is 0 Å². The zero-order valence-corrected chi connectivity index (χ0v) is 14.3. The fourth-order valence-electron chi connectivity index (χ4n) is 3.30. The van der Waals surface area contributed by atoms with Gasteiger partial charge in [0.2, 0.25) is 0 Å². The van der Waals surface area contributed by atoms with Crippen LogP contribution in [0.4, 0.5) is 0 Å². The van der Waals surface area contributed by atoms with Gasteiger partial charge in [-0.1, -0.05) is 44.1 Å². The largest absolute Gasteiger partial charge is 0.377 e. The van der Waals surface area contributed by atoms with Crippen molar-refractivity contribution in [3.8, 4) is 6.07 Å². The minimum atomic E-state index is 0.660. The quantitative estimate of drug-likeness (QED) is 0.463. The van der Waals surface area contributed by atoms with Crippen LogP contribution in [0.15, 0.2) is 36.4 Å². The van der Waals surface area contributed by atoms with Crippen LogP contribution in [-0.4, -0.2) is 13.2 Å². The van der Waals surface area contributed by atoms with Gasteiger partial charge < -0.3 is 4.74 Å². The van der Waals surface area contributed by atoms with E-state index in [4.69, 9.17) is 10.00 Å². The predicted molar refractivity (Wildman–Crippen MR) is 95.3 cm³/mol. The Morgan fingerprint density at radius 1 is 1.13 bits per heavy atom. The number of allylic oxidation sites excluding steroid dienone is 1. The second-order valence-corrected chi connectivity index (χ2v) is 6.60. The Hall–Kier alpha value is -1.59. The van der Waals surface area contributed by atoms with Gasteiger partial charge in [-0.05, 0) is 61.6 Å². The van der Waals surface area contributed by atoms with Gasteiger partial charge in [0.15, 0.2) is 0 Å². The van der Waals surface area contributed by atoms with Crippen molar-refractivity contribution < 1.29 is 4.74 Å². The Morgan fingerprint density at radius 2 is 1.87 bits per heavy atom. The van der Waals surface area contributed by atoms with Gasteiger partial charge in [-0.2, -0.15) is 5.26 Å². The van der Waals surface area contributed by atoms with E-state index >= 15 is 0 Å². The molecular weight excluding hydrogens is 282 g/mol. The molecule has 1 fully saturated rings. The smallest absolute Gasteiger partial charge is 0.0991 e. The number of rotatable bonds is 8. The van der Waals surface area contributed by atoms with E-state index in [2.05, 4.69) is 37.3 Å². The lowest BCUT2D eigenvalue weighted by molar-refractivity contribution is 0.102. The van der Waals surface area contributed by atoms with E-state index < -0.39 is 0 Å². The van der Waals surface area contributed by atoms with Gasteiger partial charge in [0.25, 0.3) is 0 Å². The molecule has 1 aliphatic rings. The Balaban J connectivity index is 1.64. The van der Waals surface area contributed by atoms with Crippen LogP contribution in [-0.2, 0) is 4.74 Å². The highest BCUT2D eigenvalue weighted by molar-refractivity contribution is 5.33. The third-order valence-electron chi connectivity index (χ3n) is 4.82. The van der Waals surface area contributed by atoms with Crippen LogP contribution in [0, 0.1) is 17.2 Å². The third-order valence-corrected chi connectivity index (χ3v) is 4.82. The average molecular weight is 311 g/mol. The summed E-state index contributed by atoms with van der Waals surface area (Å²) < 4.78 is 5.80. The molecule has 1 saturated carbocycles. The van der Waals surface area contributed by atoms with E-state index in [1.807, 2.05) is 12.1 Å². The van der Waals surface area contributed by atoms with Gasteiger partial charge in [-0.25, -0.2) is 0 Å². The van der Waals surface area contributed by atoms with Crippen molar-refractivity contribution in [1.82, 2.24) is 0 Å². The third kappa shape index (κ3) is 6.20. The number of ether oxygens (including phenoxy) is 1. The summed E-state index contributed by atoms with van der Waals surface area (Å²) in [4.78, 5) is 0. The molecule has 0 spiro atoms. The van der Waals surface area contributed by atoms with Crippen LogP contribution in [0.3, 0.4) is 0 Å². The molecule has 2 rings (SSSR count). The lowest BCUT2D eigenvalue weighted by Gasteiger charge is -2.28. The molecule has 2 heteroatoms. The second kappa shape index (κ2) is 10.2. The molecule has 0 aromatic heterocycles. The van der Waals surface area contributed by atoms with Crippen molar-refractivity contribution in [3.63, 3.8) is 0 Å². The molecule has 2 nitrogen and oxygen atoms in total. The zero-order chi connectivity index (χ0) is 16.3. The number of hydrogen-bond acceptors (Lipinski definition) is 2. The normalized spacial score (nSPS) is 21.4. The van der Waals surface area contributed by atoms with E-state index in [1.165, 1.54) is 50.5 Å². The number of hydrogen-bond donors (Lipinski definition) is 0.